The fourth-order valence-corrected chi connectivity index (χ4v) is 3.83. The number of carbonyl (C=O) groups excluding carboxylic acids is 2. The Bertz CT molecular complexity index is 1220. The van der Waals surface area contributed by atoms with E-state index in [2.05, 4.69) is 14.4 Å². The maximum atomic E-state index is 14.6. The Balaban J connectivity index is 1.71. The lowest BCUT2D eigenvalue weighted by molar-refractivity contribution is -0.120. The molecule has 0 saturated carbocycles. The van der Waals surface area contributed by atoms with Crippen LogP contribution in [0.4, 0.5) is 13.2 Å². The summed E-state index contributed by atoms with van der Waals surface area (Å²) in [5.74, 6) is -2.18. The highest BCUT2D eigenvalue weighted by Crippen LogP contribution is 2.32. The second-order valence-corrected chi connectivity index (χ2v) is 8.32. The lowest BCUT2D eigenvalue weighted by Crippen LogP contribution is -2.47. The molecule has 0 aliphatic rings. The van der Waals surface area contributed by atoms with E-state index in [1.54, 1.807) is 26.0 Å². The summed E-state index contributed by atoms with van der Waals surface area (Å²) in [6.45, 7) is -0.233. The molecule has 4 N–H and O–H groups in total. The minimum atomic E-state index is -2.92. The molecular weight excluding hydrogens is 487 g/mol. The molecule has 186 valence electrons. The molecule has 0 spiro atoms. The lowest BCUT2D eigenvalue weighted by atomic mass is 10.1. The first kappa shape index (κ1) is 26.0. The van der Waals surface area contributed by atoms with Gasteiger partial charge in [-0.15, -0.1) is 0 Å². The maximum absolute atomic E-state index is 14.6. The van der Waals surface area contributed by atoms with Crippen molar-refractivity contribution < 1.29 is 37.3 Å². The molecule has 2 amide bonds. The third kappa shape index (κ3) is 6.49. The molecule has 12 heteroatoms. The van der Waals surface area contributed by atoms with Gasteiger partial charge in [0.05, 0.1) is 22.7 Å². The molecule has 3 rings (SSSR count). The first-order chi connectivity index (χ1) is 16.6. The van der Waals surface area contributed by atoms with Gasteiger partial charge in [-0.3, -0.25) is 9.59 Å². The average molecular weight is 510 g/mol. The molecule has 3 aromatic rings. The second kappa shape index (κ2) is 11.2. The van der Waals surface area contributed by atoms with Gasteiger partial charge >= 0.3 is 6.61 Å². The third-order valence-corrected chi connectivity index (χ3v) is 5.89. The topological polar surface area (TPSA) is 124 Å². The number of ether oxygens (including phenoxy) is 2. The van der Waals surface area contributed by atoms with Crippen molar-refractivity contribution in [3.05, 3.63) is 64.3 Å². The van der Waals surface area contributed by atoms with Crippen molar-refractivity contribution in [3.63, 3.8) is 0 Å². The Morgan fingerprint density at radius 1 is 1.17 bits per heavy atom. The SMILES string of the molecule is Cc1cc(OC(C)c2cc(-c3ccc(C(=O)N[C@@H](CO)C(N)=O)c(F)c3)ns2)ccc1OC(F)F. The molecule has 1 heterocycles. The highest BCUT2D eigenvalue weighted by molar-refractivity contribution is 7.06. The maximum Gasteiger partial charge on any atom is 0.387 e. The molecule has 1 aromatic heterocycles. The van der Waals surface area contributed by atoms with Gasteiger partial charge in [-0.2, -0.15) is 13.2 Å². The summed E-state index contributed by atoms with van der Waals surface area (Å²) in [6, 6.07) is 8.72. The summed E-state index contributed by atoms with van der Waals surface area (Å²) in [4.78, 5) is 24.1. The van der Waals surface area contributed by atoms with Gasteiger partial charge in [0.25, 0.3) is 5.91 Å². The highest BCUT2D eigenvalue weighted by atomic mass is 32.1. The third-order valence-electron chi connectivity index (χ3n) is 4.95. The van der Waals surface area contributed by atoms with E-state index in [-0.39, 0.29) is 11.3 Å². The fraction of sp³-hybridized carbons (Fsp3) is 0.261. The molecule has 0 radical (unpaired) electrons. The summed E-state index contributed by atoms with van der Waals surface area (Å²) in [5.41, 5.74) is 6.08. The molecule has 0 aliphatic heterocycles. The Kier molecular flexibility index (Phi) is 8.30. The molecule has 35 heavy (non-hydrogen) atoms. The summed E-state index contributed by atoms with van der Waals surface area (Å²) in [5, 5.41) is 11.3. The van der Waals surface area contributed by atoms with Gasteiger partial charge in [0.15, 0.2) is 0 Å². The van der Waals surface area contributed by atoms with E-state index in [0.29, 0.717) is 22.6 Å². The van der Waals surface area contributed by atoms with E-state index in [0.717, 1.165) is 22.5 Å². The van der Waals surface area contributed by atoms with E-state index >= 15 is 0 Å². The molecular formula is C23H22F3N3O5S. The van der Waals surface area contributed by atoms with Crippen LogP contribution in [0.25, 0.3) is 11.3 Å². The summed E-state index contributed by atoms with van der Waals surface area (Å²) >= 11 is 1.14. The summed E-state index contributed by atoms with van der Waals surface area (Å²) < 4.78 is 54.1. The van der Waals surface area contributed by atoms with Gasteiger partial charge in [-0.25, -0.2) is 4.39 Å². The van der Waals surface area contributed by atoms with Crippen LogP contribution in [0.15, 0.2) is 42.5 Å². The van der Waals surface area contributed by atoms with Crippen LogP contribution in [0.1, 0.15) is 33.8 Å². The van der Waals surface area contributed by atoms with E-state index < -0.39 is 43.0 Å². The molecule has 0 aliphatic carbocycles. The Hall–Kier alpha value is -3.64. The number of aryl methyl sites for hydroxylation is 1. The normalized spacial score (nSPS) is 12.8. The van der Waals surface area contributed by atoms with E-state index in [1.807, 2.05) is 0 Å². The van der Waals surface area contributed by atoms with Gasteiger partial charge in [0, 0.05) is 5.56 Å². The number of hydrogen-bond acceptors (Lipinski definition) is 7. The number of benzene rings is 2. The molecule has 0 fully saturated rings. The predicted octanol–water partition coefficient (Wildman–Crippen LogP) is 3.58. The summed E-state index contributed by atoms with van der Waals surface area (Å²) in [6.07, 6.45) is -0.443. The largest absolute Gasteiger partial charge is 0.485 e. The van der Waals surface area contributed by atoms with Crippen LogP contribution >= 0.6 is 11.5 Å². The quantitative estimate of drug-likeness (QED) is 0.384. The standard InChI is InChI=1S/C23H22F3N3O5S/c1-11-7-14(4-6-19(11)34-23(25)26)33-12(2)20-9-17(29-35-20)13-3-5-15(16(24)8-13)22(32)28-18(10-30)21(27)31/h3-9,12,18,23,30H,10H2,1-2H3,(H2,27,31)(H,28,32)/t12?,18-/m0/s1. The Morgan fingerprint density at radius 2 is 1.91 bits per heavy atom. The fourth-order valence-electron chi connectivity index (χ4n) is 3.10. The number of aromatic nitrogens is 1. The van der Waals surface area contributed by atoms with Gasteiger partial charge in [-0.05, 0) is 67.3 Å². The van der Waals surface area contributed by atoms with Crippen molar-refractivity contribution in [1.29, 1.82) is 0 Å². The van der Waals surface area contributed by atoms with E-state index in [9.17, 15) is 22.8 Å². The number of nitrogens with two attached hydrogens (primary N) is 1. The minimum absolute atomic E-state index is 0.0562. The number of halogens is 3. The number of amides is 2. The summed E-state index contributed by atoms with van der Waals surface area (Å²) in [7, 11) is 0. The molecule has 0 bridgehead atoms. The molecule has 8 nitrogen and oxygen atoms in total. The molecule has 2 aromatic carbocycles. The number of carbonyl (C=O) groups is 2. The second-order valence-electron chi connectivity index (χ2n) is 7.49. The molecule has 0 saturated heterocycles. The zero-order valence-electron chi connectivity index (χ0n) is 18.6. The van der Waals surface area contributed by atoms with Crippen molar-refractivity contribution in [2.45, 2.75) is 32.6 Å². The predicted molar refractivity (Wildman–Crippen MR) is 122 cm³/mol. The van der Waals surface area contributed by atoms with Crippen LogP contribution < -0.4 is 20.5 Å². The molecule has 1 unspecified atom stereocenters. The molecule has 2 atom stereocenters. The lowest BCUT2D eigenvalue weighted by Gasteiger charge is -2.15. The number of nitrogens with zero attached hydrogens (tertiary/aromatic N) is 1. The first-order valence-electron chi connectivity index (χ1n) is 10.3. The smallest absolute Gasteiger partial charge is 0.387 e. The number of primary amides is 1. The number of nitrogens with one attached hydrogen (secondary N) is 1. The van der Waals surface area contributed by atoms with Crippen LogP contribution in [0, 0.1) is 12.7 Å². The van der Waals surface area contributed by atoms with Crippen LogP contribution in [0.2, 0.25) is 0 Å². The number of alkyl halides is 2. The number of hydrogen-bond donors (Lipinski definition) is 3. The van der Waals surface area contributed by atoms with Gasteiger partial charge < -0.3 is 25.6 Å². The average Bonchev–Trinajstić information content (AvgIpc) is 3.29. The van der Waals surface area contributed by atoms with Crippen molar-refractivity contribution in [2.75, 3.05) is 6.61 Å². The van der Waals surface area contributed by atoms with Crippen LogP contribution in [0.3, 0.4) is 0 Å². The minimum Gasteiger partial charge on any atom is -0.485 e. The monoisotopic (exact) mass is 509 g/mol. The Morgan fingerprint density at radius 3 is 2.51 bits per heavy atom. The van der Waals surface area contributed by atoms with Gasteiger partial charge in [0.1, 0.15) is 29.5 Å². The van der Waals surface area contributed by atoms with Crippen LogP contribution in [-0.4, -0.2) is 40.6 Å². The first-order valence-corrected chi connectivity index (χ1v) is 11.1. The van der Waals surface area contributed by atoms with Crippen LogP contribution in [0.5, 0.6) is 11.5 Å². The zero-order chi connectivity index (χ0) is 25.7. The van der Waals surface area contributed by atoms with Crippen molar-refractivity contribution in [1.82, 2.24) is 9.69 Å². The zero-order valence-corrected chi connectivity index (χ0v) is 19.4. The number of aliphatic hydroxyl groups is 1. The van der Waals surface area contributed by atoms with Crippen LogP contribution in [-0.2, 0) is 4.79 Å². The van der Waals surface area contributed by atoms with E-state index in [1.165, 1.54) is 24.3 Å². The number of aliphatic hydroxyl groups excluding tert-OH is 1. The van der Waals surface area contributed by atoms with Gasteiger partial charge in [0.2, 0.25) is 5.91 Å². The van der Waals surface area contributed by atoms with Gasteiger partial charge in [-0.1, -0.05) is 6.07 Å². The van der Waals surface area contributed by atoms with Crippen molar-refractivity contribution in [3.8, 4) is 22.8 Å². The Labute approximate surface area is 202 Å². The van der Waals surface area contributed by atoms with Crippen molar-refractivity contribution in [2.24, 2.45) is 5.73 Å². The number of rotatable bonds is 10. The highest BCUT2D eigenvalue weighted by Gasteiger charge is 2.21. The van der Waals surface area contributed by atoms with E-state index in [4.69, 9.17) is 15.6 Å². The van der Waals surface area contributed by atoms with Crippen molar-refractivity contribution >= 4 is 23.3 Å².